The second kappa shape index (κ2) is 11.2. The highest BCUT2D eigenvalue weighted by Crippen LogP contribution is 2.38. The van der Waals surface area contributed by atoms with Crippen LogP contribution < -0.4 is 9.80 Å². The first kappa shape index (κ1) is 28.4. The fourth-order valence-electron chi connectivity index (χ4n) is 5.55. The molecule has 222 valence electrons. The molecule has 2 aromatic heterocycles. The minimum absolute atomic E-state index is 0.00245. The van der Waals surface area contributed by atoms with Gasteiger partial charge in [-0.3, -0.25) is 0 Å². The van der Waals surface area contributed by atoms with Crippen molar-refractivity contribution < 1.29 is 13.2 Å². The average Bonchev–Trinajstić information content (AvgIpc) is 3.86. The second-order valence-corrected chi connectivity index (χ2v) is 12.5. The van der Waals surface area contributed by atoms with E-state index in [1.54, 1.807) is 13.0 Å². The van der Waals surface area contributed by atoms with Crippen molar-refractivity contribution in [3.8, 4) is 0 Å². The molecule has 2 aliphatic carbocycles. The largest absolute Gasteiger partial charge is 0.416 e. The van der Waals surface area contributed by atoms with E-state index in [1.807, 2.05) is 24.8 Å². The zero-order chi connectivity index (χ0) is 29.6. The summed E-state index contributed by atoms with van der Waals surface area (Å²) in [6.45, 7) is 10.2. The van der Waals surface area contributed by atoms with Gasteiger partial charge in [-0.25, -0.2) is 4.98 Å². The first-order valence-corrected chi connectivity index (χ1v) is 14.9. The van der Waals surface area contributed by atoms with Crippen molar-refractivity contribution in [2.45, 2.75) is 78.7 Å². The fraction of sp³-hybridized carbons (Fsp3) is 0.500. The minimum atomic E-state index is -4.43. The molecule has 6 rings (SSSR count). The summed E-state index contributed by atoms with van der Waals surface area (Å²) in [6.07, 6.45) is 0.543. The summed E-state index contributed by atoms with van der Waals surface area (Å²) in [7, 11) is 0. The van der Waals surface area contributed by atoms with Crippen LogP contribution in [-0.4, -0.2) is 38.3 Å². The summed E-state index contributed by atoms with van der Waals surface area (Å²) in [5, 5.41) is 14.2. The molecule has 2 aliphatic rings. The number of nitrogens with zero attached hydrogens (tertiary/aromatic N) is 7. The molecule has 7 nitrogen and oxygen atoms in total. The van der Waals surface area contributed by atoms with Crippen molar-refractivity contribution >= 4 is 22.7 Å². The number of benzene rings is 2. The Morgan fingerprint density at radius 3 is 2.26 bits per heavy atom. The number of anilines is 2. The highest BCUT2D eigenvalue weighted by Gasteiger charge is 2.33. The van der Waals surface area contributed by atoms with Gasteiger partial charge in [0.1, 0.15) is 5.82 Å². The smallest absolute Gasteiger partial charge is 0.356 e. The summed E-state index contributed by atoms with van der Waals surface area (Å²) >= 11 is 0. The molecule has 0 amide bonds. The van der Waals surface area contributed by atoms with Gasteiger partial charge in [-0.15, -0.1) is 5.10 Å². The lowest BCUT2D eigenvalue weighted by atomic mass is 10.0. The lowest BCUT2D eigenvalue weighted by Gasteiger charge is -2.29. The van der Waals surface area contributed by atoms with Crippen LogP contribution in [0.15, 0.2) is 42.5 Å². The van der Waals surface area contributed by atoms with E-state index in [2.05, 4.69) is 45.4 Å². The fourth-order valence-corrected chi connectivity index (χ4v) is 5.55. The molecule has 0 unspecified atom stereocenters. The van der Waals surface area contributed by atoms with Gasteiger partial charge < -0.3 is 9.80 Å². The molecule has 2 saturated carbocycles. The van der Waals surface area contributed by atoms with Crippen LogP contribution in [0.25, 0.3) is 10.9 Å². The zero-order valence-electron chi connectivity index (χ0n) is 24.7. The van der Waals surface area contributed by atoms with E-state index in [9.17, 15) is 13.2 Å². The van der Waals surface area contributed by atoms with Crippen LogP contribution in [0.1, 0.15) is 73.4 Å². The van der Waals surface area contributed by atoms with E-state index in [-0.39, 0.29) is 12.6 Å². The molecule has 42 heavy (non-hydrogen) atoms. The summed E-state index contributed by atoms with van der Waals surface area (Å²) in [4.78, 5) is 11.2. The molecule has 0 radical (unpaired) electrons. The number of hydrogen-bond acceptors (Lipinski definition) is 6. The van der Waals surface area contributed by atoms with Crippen molar-refractivity contribution in [3.05, 3.63) is 70.3 Å². The van der Waals surface area contributed by atoms with Crippen molar-refractivity contribution in [2.24, 2.45) is 11.8 Å². The molecule has 0 bridgehead atoms. The average molecular weight is 578 g/mol. The Kier molecular flexibility index (Phi) is 7.57. The van der Waals surface area contributed by atoms with Crippen molar-refractivity contribution in [2.75, 3.05) is 22.9 Å². The number of rotatable bonds is 11. The molecular formula is C32H38F3N7. The topological polar surface area (TPSA) is 63.0 Å². The van der Waals surface area contributed by atoms with Gasteiger partial charge in [0.25, 0.3) is 5.95 Å². The molecule has 0 N–H and O–H groups in total. The number of fused-ring (bicyclic) bond motifs is 1. The Bertz CT molecular complexity index is 1560. The molecule has 2 fully saturated rings. The highest BCUT2D eigenvalue weighted by atomic mass is 19.4. The first-order valence-electron chi connectivity index (χ1n) is 14.9. The number of alkyl halides is 3. The Morgan fingerprint density at radius 1 is 0.929 bits per heavy atom. The van der Waals surface area contributed by atoms with Crippen molar-refractivity contribution in [1.29, 1.82) is 0 Å². The van der Waals surface area contributed by atoms with E-state index in [0.717, 1.165) is 40.9 Å². The van der Waals surface area contributed by atoms with Crippen LogP contribution >= 0.6 is 0 Å². The SMILES string of the molecule is Cc1cc(CN(Cc2cc3cccc(C)c3nc2N(CC2CC2)CC2CC2)c2nnn(C(C)C)n2)cc(C(F)(F)F)c1. The quantitative estimate of drug-likeness (QED) is 0.187. The Hall–Kier alpha value is -3.69. The predicted molar refractivity (Wildman–Crippen MR) is 158 cm³/mol. The standard InChI is InChI=1S/C32H38F3N7/c1-20(2)42-38-31(37-39-42)41(18-25-12-21(3)13-28(14-25)32(33,34)35)19-27-15-26-7-5-6-22(4)29(26)36-30(27)40(16-23-8-9-23)17-24-10-11-24/h5-7,12-15,20,23-24H,8-11,16-19H2,1-4H3. The molecular weight excluding hydrogens is 539 g/mol. The van der Waals surface area contributed by atoms with Gasteiger partial charge in [-0.1, -0.05) is 34.9 Å². The van der Waals surface area contributed by atoms with E-state index in [1.165, 1.54) is 42.6 Å². The number of aryl methyl sites for hydroxylation is 2. The van der Waals surface area contributed by atoms with Crippen LogP contribution in [0.5, 0.6) is 0 Å². The van der Waals surface area contributed by atoms with Crippen LogP contribution in [0, 0.1) is 25.7 Å². The number of para-hydroxylation sites is 1. The number of halogens is 3. The van der Waals surface area contributed by atoms with Gasteiger partial charge in [-0.05, 0) is 99.8 Å². The van der Waals surface area contributed by atoms with Crippen molar-refractivity contribution in [3.63, 3.8) is 0 Å². The van der Waals surface area contributed by atoms with Gasteiger partial charge in [0.05, 0.1) is 17.1 Å². The molecule has 10 heteroatoms. The lowest BCUT2D eigenvalue weighted by Crippen LogP contribution is -2.32. The zero-order valence-corrected chi connectivity index (χ0v) is 24.7. The van der Waals surface area contributed by atoms with Gasteiger partial charge in [0, 0.05) is 37.1 Å². The van der Waals surface area contributed by atoms with Gasteiger partial charge >= 0.3 is 6.18 Å². The van der Waals surface area contributed by atoms with Crippen LogP contribution in [0.2, 0.25) is 0 Å². The van der Waals surface area contributed by atoms with E-state index < -0.39 is 11.7 Å². The minimum Gasteiger partial charge on any atom is -0.356 e. The molecule has 0 aliphatic heterocycles. The van der Waals surface area contributed by atoms with E-state index in [4.69, 9.17) is 4.98 Å². The summed E-state index contributed by atoms with van der Waals surface area (Å²) in [5.74, 6) is 2.70. The molecule has 4 aromatic rings. The van der Waals surface area contributed by atoms with E-state index in [0.29, 0.717) is 35.5 Å². The number of hydrogen-bond donors (Lipinski definition) is 0. The summed E-state index contributed by atoms with van der Waals surface area (Å²) in [6, 6.07) is 12.6. The third-order valence-electron chi connectivity index (χ3n) is 8.12. The third-order valence-corrected chi connectivity index (χ3v) is 8.12. The van der Waals surface area contributed by atoms with Crippen LogP contribution in [0.3, 0.4) is 0 Å². The number of pyridine rings is 1. The lowest BCUT2D eigenvalue weighted by molar-refractivity contribution is -0.137. The van der Waals surface area contributed by atoms with Gasteiger partial charge in [0.15, 0.2) is 0 Å². The Balaban J connectivity index is 1.43. The second-order valence-electron chi connectivity index (χ2n) is 12.5. The van der Waals surface area contributed by atoms with E-state index >= 15 is 0 Å². The van der Waals surface area contributed by atoms with Gasteiger partial charge in [-0.2, -0.15) is 18.0 Å². The maximum absolute atomic E-state index is 13.7. The third kappa shape index (κ3) is 6.52. The summed E-state index contributed by atoms with van der Waals surface area (Å²) in [5.41, 5.74) is 3.57. The number of tetrazole rings is 1. The van der Waals surface area contributed by atoms with Gasteiger partial charge in [0.2, 0.25) is 0 Å². The Labute approximate surface area is 244 Å². The Morgan fingerprint density at radius 2 is 1.64 bits per heavy atom. The molecule has 0 saturated heterocycles. The molecule has 2 heterocycles. The molecule has 0 atom stereocenters. The van der Waals surface area contributed by atoms with Crippen molar-refractivity contribution in [1.82, 2.24) is 25.2 Å². The van der Waals surface area contributed by atoms with Crippen LogP contribution in [-0.2, 0) is 19.3 Å². The maximum atomic E-state index is 13.7. The highest BCUT2D eigenvalue weighted by molar-refractivity contribution is 5.84. The first-order chi connectivity index (χ1) is 20.0. The predicted octanol–water partition coefficient (Wildman–Crippen LogP) is 7.27. The normalized spacial score (nSPS) is 15.5. The monoisotopic (exact) mass is 577 g/mol. The van der Waals surface area contributed by atoms with Crippen LogP contribution in [0.4, 0.5) is 24.9 Å². The molecule has 2 aromatic carbocycles. The summed E-state index contributed by atoms with van der Waals surface area (Å²) < 4.78 is 41.2. The maximum Gasteiger partial charge on any atom is 0.416 e. The molecule has 0 spiro atoms. The number of aromatic nitrogens is 5.